The third kappa shape index (κ3) is 6.17. The minimum Gasteiger partial charge on any atom is -0.435 e. The molecule has 1 aliphatic rings. The summed E-state index contributed by atoms with van der Waals surface area (Å²) in [5.41, 5.74) is 4.52. The van der Waals surface area contributed by atoms with E-state index in [9.17, 15) is 13.6 Å². The van der Waals surface area contributed by atoms with Gasteiger partial charge in [-0.1, -0.05) is 6.42 Å². The molecule has 0 saturated carbocycles. The highest BCUT2D eigenvalue weighted by Crippen LogP contribution is 2.28. The molecule has 1 aliphatic heterocycles. The summed E-state index contributed by atoms with van der Waals surface area (Å²) in [4.78, 5) is 26.3. The third-order valence-corrected chi connectivity index (χ3v) is 7.07. The molecule has 0 unspecified atom stereocenters. The van der Waals surface area contributed by atoms with Gasteiger partial charge in [0.25, 0.3) is 5.91 Å². The van der Waals surface area contributed by atoms with Crippen molar-refractivity contribution in [1.82, 2.24) is 24.2 Å². The first-order valence-corrected chi connectivity index (χ1v) is 13.1. The number of ether oxygens (including phenoxy) is 1. The van der Waals surface area contributed by atoms with Crippen LogP contribution in [0.15, 0.2) is 61.1 Å². The van der Waals surface area contributed by atoms with Crippen LogP contribution in [-0.2, 0) is 0 Å². The van der Waals surface area contributed by atoms with Gasteiger partial charge in [0.1, 0.15) is 5.75 Å². The molecular weight excluding hydrogens is 502 g/mol. The molecule has 1 fully saturated rings. The number of carbonyl (C=O) groups excluding carboxylic acids is 1. The SMILES string of the molecule is Cc1cc(Nc2nccn3c(-c4ccc(OC(F)F)cc4)cnc23)ccc1C(=O)N(C)CCN1CCCCC1. The number of hydrogen-bond donors (Lipinski definition) is 1. The summed E-state index contributed by atoms with van der Waals surface area (Å²) in [5.74, 6) is 0.662. The number of fused-ring (bicyclic) bond motifs is 1. The zero-order valence-electron chi connectivity index (χ0n) is 22.1. The summed E-state index contributed by atoms with van der Waals surface area (Å²) in [6.07, 6.45) is 8.93. The normalized spacial score (nSPS) is 14.1. The van der Waals surface area contributed by atoms with Gasteiger partial charge < -0.3 is 19.9 Å². The van der Waals surface area contributed by atoms with Crippen LogP contribution in [0.25, 0.3) is 16.9 Å². The van der Waals surface area contributed by atoms with Gasteiger partial charge in [-0.25, -0.2) is 9.97 Å². The predicted molar refractivity (Wildman–Crippen MR) is 147 cm³/mol. The summed E-state index contributed by atoms with van der Waals surface area (Å²) in [6, 6.07) is 12.1. The van der Waals surface area contributed by atoms with E-state index in [0.717, 1.165) is 42.1 Å². The molecule has 204 valence electrons. The van der Waals surface area contributed by atoms with E-state index in [1.54, 1.807) is 35.6 Å². The lowest BCUT2D eigenvalue weighted by atomic mass is 10.1. The first kappa shape index (κ1) is 26.6. The van der Waals surface area contributed by atoms with Gasteiger partial charge in [0.15, 0.2) is 11.5 Å². The van der Waals surface area contributed by atoms with Crippen LogP contribution in [0, 0.1) is 6.92 Å². The van der Waals surface area contributed by atoms with Crippen molar-refractivity contribution in [2.75, 3.05) is 38.5 Å². The maximum Gasteiger partial charge on any atom is 0.387 e. The maximum atomic E-state index is 13.1. The van der Waals surface area contributed by atoms with Crippen molar-refractivity contribution in [3.63, 3.8) is 0 Å². The highest BCUT2D eigenvalue weighted by atomic mass is 19.3. The van der Waals surface area contributed by atoms with Crippen LogP contribution in [-0.4, -0.2) is 69.9 Å². The Labute approximate surface area is 226 Å². The van der Waals surface area contributed by atoms with E-state index in [1.807, 2.05) is 36.6 Å². The topological polar surface area (TPSA) is 75.0 Å². The Morgan fingerprint density at radius 1 is 1.10 bits per heavy atom. The summed E-state index contributed by atoms with van der Waals surface area (Å²) in [6.45, 7) is 2.89. The first-order valence-electron chi connectivity index (χ1n) is 13.1. The number of halogens is 2. The molecule has 0 bridgehead atoms. The quantitative estimate of drug-likeness (QED) is 0.301. The summed E-state index contributed by atoms with van der Waals surface area (Å²) in [7, 11) is 1.86. The number of carbonyl (C=O) groups is 1. The Bertz CT molecular complexity index is 1430. The molecule has 1 amide bonds. The zero-order valence-corrected chi connectivity index (χ0v) is 22.1. The van der Waals surface area contributed by atoms with E-state index in [4.69, 9.17) is 0 Å². The van der Waals surface area contributed by atoms with Crippen LogP contribution in [0.5, 0.6) is 5.75 Å². The largest absolute Gasteiger partial charge is 0.435 e. The molecule has 10 heteroatoms. The standard InChI is InChI=1S/C29H32F2N6O2/c1-20-18-22(8-11-24(20)28(38)35(2)16-17-36-13-4-3-5-14-36)34-26-27-33-19-25(37(27)15-12-32-26)21-6-9-23(10-7-21)39-29(30)31/h6-12,15,18-19,29H,3-5,13-14,16-17H2,1-2H3,(H,32,34). The van der Waals surface area contributed by atoms with Crippen LogP contribution >= 0.6 is 0 Å². The lowest BCUT2D eigenvalue weighted by Gasteiger charge is -2.28. The minimum absolute atomic E-state index is 0.0131. The van der Waals surface area contributed by atoms with Crippen molar-refractivity contribution in [1.29, 1.82) is 0 Å². The molecule has 2 aromatic heterocycles. The average Bonchev–Trinajstić information content (AvgIpc) is 3.37. The summed E-state index contributed by atoms with van der Waals surface area (Å²) in [5, 5.41) is 3.32. The number of nitrogens with zero attached hydrogens (tertiary/aromatic N) is 5. The van der Waals surface area contributed by atoms with Crippen molar-refractivity contribution >= 4 is 23.1 Å². The van der Waals surface area contributed by atoms with Gasteiger partial charge >= 0.3 is 6.61 Å². The number of likely N-dealkylation sites (tertiary alicyclic amines) is 1. The fourth-order valence-electron chi connectivity index (χ4n) is 4.93. The van der Waals surface area contributed by atoms with E-state index >= 15 is 0 Å². The Kier molecular flexibility index (Phi) is 8.02. The van der Waals surface area contributed by atoms with E-state index < -0.39 is 6.61 Å². The molecular formula is C29H32F2N6O2. The van der Waals surface area contributed by atoms with Crippen molar-refractivity contribution in [3.05, 3.63) is 72.2 Å². The number of piperidine rings is 1. The zero-order chi connectivity index (χ0) is 27.4. The van der Waals surface area contributed by atoms with Crippen molar-refractivity contribution in [2.24, 2.45) is 0 Å². The summed E-state index contributed by atoms with van der Waals surface area (Å²) < 4.78 is 31.3. The fourth-order valence-corrected chi connectivity index (χ4v) is 4.93. The van der Waals surface area contributed by atoms with Gasteiger partial charge in [-0.05, 0) is 80.9 Å². The molecule has 8 nitrogen and oxygen atoms in total. The summed E-state index contributed by atoms with van der Waals surface area (Å²) >= 11 is 0. The van der Waals surface area contributed by atoms with E-state index in [0.29, 0.717) is 23.6 Å². The van der Waals surface area contributed by atoms with Gasteiger partial charge in [-0.3, -0.25) is 9.20 Å². The van der Waals surface area contributed by atoms with Gasteiger partial charge in [0.2, 0.25) is 0 Å². The Morgan fingerprint density at radius 2 is 1.87 bits per heavy atom. The highest BCUT2D eigenvalue weighted by molar-refractivity contribution is 5.96. The van der Waals surface area contributed by atoms with Gasteiger partial charge in [0.05, 0.1) is 11.9 Å². The Hall–Kier alpha value is -4.05. The molecule has 2 aromatic carbocycles. The van der Waals surface area contributed by atoms with Crippen LogP contribution in [0.4, 0.5) is 20.3 Å². The molecule has 3 heterocycles. The second kappa shape index (κ2) is 11.8. The van der Waals surface area contributed by atoms with Crippen LogP contribution in [0.1, 0.15) is 35.2 Å². The third-order valence-electron chi connectivity index (χ3n) is 7.07. The molecule has 4 aromatic rings. The van der Waals surface area contributed by atoms with Crippen molar-refractivity contribution in [3.8, 4) is 17.0 Å². The molecule has 0 radical (unpaired) electrons. The molecule has 1 saturated heterocycles. The molecule has 0 spiro atoms. The average molecular weight is 535 g/mol. The molecule has 1 N–H and O–H groups in total. The number of likely N-dealkylation sites (N-methyl/N-ethyl adjacent to an activating group) is 1. The van der Waals surface area contributed by atoms with Crippen LogP contribution in [0.2, 0.25) is 0 Å². The van der Waals surface area contributed by atoms with Crippen LogP contribution in [0.3, 0.4) is 0 Å². The Morgan fingerprint density at radius 3 is 2.59 bits per heavy atom. The van der Waals surface area contributed by atoms with Gasteiger partial charge in [-0.15, -0.1) is 0 Å². The number of rotatable bonds is 9. The molecule has 5 rings (SSSR count). The fraction of sp³-hybridized carbons (Fsp3) is 0.345. The van der Waals surface area contributed by atoms with E-state index in [1.165, 1.54) is 31.4 Å². The minimum atomic E-state index is -2.87. The number of hydrogen-bond acceptors (Lipinski definition) is 6. The van der Waals surface area contributed by atoms with E-state index in [2.05, 4.69) is 24.9 Å². The van der Waals surface area contributed by atoms with Crippen LogP contribution < -0.4 is 10.1 Å². The van der Waals surface area contributed by atoms with Crippen molar-refractivity contribution < 1.29 is 18.3 Å². The number of anilines is 2. The second-order valence-electron chi connectivity index (χ2n) is 9.80. The first-order chi connectivity index (χ1) is 18.9. The number of amides is 1. The molecule has 0 aliphatic carbocycles. The molecule has 39 heavy (non-hydrogen) atoms. The lowest BCUT2D eigenvalue weighted by Crippen LogP contribution is -2.38. The predicted octanol–water partition coefficient (Wildman–Crippen LogP) is 5.61. The second-order valence-corrected chi connectivity index (χ2v) is 9.80. The highest BCUT2D eigenvalue weighted by Gasteiger charge is 2.17. The number of nitrogens with one attached hydrogen (secondary N) is 1. The van der Waals surface area contributed by atoms with Gasteiger partial charge in [-0.2, -0.15) is 8.78 Å². The monoisotopic (exact) mass is 534 g/mol. The van der Waals surface area contributed by atoms with Gasteiger partial charge in [0, 0.05) is 49.3 Å². The maximum absolute atomic E-state index is 13.1. The van der Waals surface area contributed by atoms with E-state index in [-0.39, 0.29) is 11.7 Å². The number of imidazole rings is 1. The van der Waals surface area contributed by atoms with Crippen molar-refractivity contribution in [2.45, 2.75) is 32.8 Å². The number of alkyl halides is 2. The lowest BCUT2D eigenvalue weighted by molar-refractivity contribution is -0.0498. The number of aryl methyl sites for hydroxylation is 1. The number of aromatic nitrogens is 3. The Balaban J connectivity index is 1.29. The number of benzene rings is 2. The smallest absolute Gasteiger partial charge is 0.387 e. The molecule has 0 atom stereocenters.